The maximum atomic E-state index is 11.5. The summed E-state index contributed by atoms with van der Waals surface area (Å²) in [4.78, 5) is 15.5. The summed E-state index contributed by atoms with van der Waals surface area (Å²) in [6.45, 7) is 1.96. The van der Waals surface area contributed by atoms with Crippen LogP contribution in [0.4, 0.5) is 0 Å². The van der Waals surface area contributed by atoms with Crippen LogP contribution in [-0.2, 0) is 16.0 Å². The largest absolute Gasteiger partial charge is 0.387 e. The highest BCUT2D eigenvalue weighted by molar-refractivity contribution is 7.98. The highest BCUT2D eigenvalue weighted by atomic mass is 32.2. The van der Waals surface area contributed by atoms with Gasteiger partial charge in [0.25, 0.3) is 5.56 Å². The van der Waals surface area contributed by atoms with Crippen molar-refractivity contribution in [3.63, 3.8) is 0 Å². The molecule has 1 aromatic rings. The summed E-state index contributed by atoms with van der Waals surface area (Å²) in [6, 6.07) is 0. The molecule has 2 N–H and O–H groups in total. The quantitative estimate of drug-likeness (QED) is 0.565. The summed E-state index contributed by atoms with van der Waals surface area (Å²) in [5, 5.41) is 20.2. The van der Waals surface area contributed by atoms with Gasteiger partial charge in [-0.1, -0.05) is 11.8 Å². The molecule has 7 nitrogen and oxygen atoms in total. The molecule has 1 aromatic heterocycles. The Kier molecular flexibility index (Phi) is 4.82. The van der Waals surface area contributed by atoms with E-state index >= 15 is 0 Å². The highest BCUT2D eigenvalue weighted by Crippen LogP contribution is 2.24. The van der Waals surface area contributed by atoms with E-state index in [9.17, 15) is 15.0 Å². The number of ether oxygens (including phenoxy) is 2. The summed E-state index contributed by atoms with van der Waals surface area (Å²) in [6.07, 6.45) is -0.118. The Balaban J connectivity index is 2.22. The minimum absolute atomic E-state index is 0.270. The molecule has 0 aliphatic carbocycles. The van der Waals surface area contributed by atoms with Crippen LogP contribution in [-0.4, -0.2) is 57.7 Å². The zero-order valence-electron chi connectivity index (χ0n) is 11.5. The van der Waals surface area contributed by atoms with Crippen LogP contribution >= 0.6 is 11.8 Å². The topological polar surface area (TPSA) is 93.8 Å². The van der Waals surface area contributed by atoms with Crippen LogP contribution in [0, 0.1) is 6.92 Å². The van der Waals surface area contributed by atoms with Gasteiger partial charge in [0.05, 0.1) is 6.54 Å². The molecule has 0 radical (unpaired) electrons. The fourth-order valence-electron chi connectivity index (χ4n) is 2.13. The van der Waals surface area contributed by atoms with Crippen LogP contribution in [0.3, 0.4) is 0 Å². The van der Waals surface area contributed by atoms with E-state index < -0.39 is 24.6 Å². The fraction of sp³-hybridized carbons (Fsp3) is 0.667. The van der Waals surface area contributed by atoms with Gasteiger partial charge in [0.2, 0.25) is 0 Å². The van der Waals surface area contributed by atoms with Crippen molar-refractivity contribution in [1.29, 1.82) is 0 Å². The first-order chi connectivity index (χ1) is 9.47. The van der Waals surface area contributed by atoms with E-state index in [2.05, 4.69) is 4.98 Å². The van der Waals surface area contributed by atoms with Gasteiger partial charge in [-0.15, -0.1) is 0 Å². The van der Waals surface area contributed by atoms with Crippen molar-refractivity contribution in [2.75, 3.05) is 13.4 Å². The molecular weight excluding hydrogens is 284 g/mol. The lowest BCUT2D eigenvalue weighted by molar-refractivity contribution is -0.150. The monoisotopic (exact) mass is 302 g/mol. The van der Waals surface area contributed by atoms with Gasteiger partial charge in [0.15, 0.2) is 11.4 Å². The van der Waals surface area contributed by atoms with E-state index in [0.717, 1.165) is 0 Å². The first-order valence-corrected chi connectivity index (χ1v) is 7.37. The van der Waals surface area contributed by atoms with E-state index in [4.69, 9.17) is 9.47 Å². The van der Waals surface area contributed by atoms with Crippen LogP contribution in [0.5, 0.6) is 0 Å². The molecule has 20 heavy (non-hydrogen) atoms. The van der Waals surface area contributed by atoms with E-state index in [1.165, 1.54) is 18.9 Å². The van der Waals surface area contributed by atoms with E-state index in [1.807, 2.05) is 6.26 Å². The van der Waals surface area contributed by atoms with Crippen LogP contribution < -0.4 is 5.56 Å². The molecule has 2 heterocycles. The molecule has 0 unspecified atom stereocenters. The average Bonchev–Trinajstić information content (AvgIpc) is 2.70. The Morgan fingerprint density at radius 2 is 2.20 bits per heavy atom. The van der Waals surface area contributed by atoms with Crippen LogP contribution in [0.1, 0.15) is 5.56 Å². The summed E-state index contributed by atoms with van der Waals surface area (Å²) >= 11 is 1.33. The predicted octanol–water partition coefficient (Wildman–Crippen LogP) is -0.633. The normalized spacial score (nSPS) is 29.9. The molecule has 112 valence electrons. The molecule has 0 amide bonds. The smallest absolute Gasteiger partial charge is 0.276 e. The third-order valence-corrected chi connectivity index (χ3v) is 3.93. The SMILES string of the molecule is CO[C@@H]1O[C@H](Cn2cc(C)c(=O)nc2SC)[C@@H](O)[C@H]1O. The zero-order chi connectivity index (χ0) is 14.9. The van der Waals surface area contributed by atoms with Crippen molar-refractivity contribution in [1.82, 2.24) is 9.55 Å². The minimum atomic E-state index is -1.09. The third kappa shape index (κ3) is 2.89. The Labute approximate surface area is 120 Å². The summed E-state index contributed by atoms with van der Waals surface area (Å²) in [5.41, 5.74) is 0.243. The van der Waals surface area contributed by atoms with Crippen molar-refractivity contribution in [3.05, 3.63) is 22.1 Å². The molecule has 4 atom stereocenters. The van der Waals surface area contributed by atoms with Crippen molar-refractivity contribution < 1.29 is 19.7 Å². The third-order valence-electron chi connectivity index (χ3n) is 3.24. The minimum Gasteiger partial charge on any atom is -0.387 e. The zero-order valence-corrected chi connectivity index (χ0v) is 12.3. The Bertz CT molecular complexity index is 535. The number of rotatable bonds is 4. The van der Waals surface area contributed by atoms with Crippen LogP contribution in [0.25, 0.3) is 0 Å². The first-order valence-electron chi connectivity index (χ1n) is 6.14. The van der Waals surface area contributed by atoms with Gasteiger partial charge in [-0.2, -0.15) is 4.98 Å². The van der Waals surface area contributed by atoms with Crippen LogP contribution in [0.15, 0.2) is 16.1 Å². The van der Waals surface area contributed by atoms with Crippen molar-refractivity contribution >= 4 is 11.8 Å². The molecule has 0 aromatic carbocycles. The van der Waals surface area contributed by atoms with Gasteiger partial charge in [0, 0.05) is 18.9 Å². The first kappa shape index (κ1) is 15.5. The number of hydrogen-bond donors (Lipinski definition) is 2. The average molecular weight is 302 g/mol. The molecule has 8 heteroatoms. The van der Waals surface area contributed by atoms with Gasteiger partial charge in [-0.05, 0) is 13.2 Å². The molecule has 0 bridgehead atoms. The van der Waals surface area contributed by atoms with Crippen LogP contribution in [0.2, 0.25) is 0 Å². The molecule has 1 aliphatic heterocycles. The lowest BCUT2D eigenvalue weighted by atomic mass is 10.1. The van der Waals surface area contributed by atoms with E-state index in [0.29, 0.717) is 10.7 Å². The number of aliphatic hydroxyl groups is 2. The fourth-order valence-corrected chi connectivity index (χ4v) is 2.67. The number of methoxy groups -OCH3 is 1. The number of aromatic nitrogens is 2. The Morgan fingerprint density at radius 1 is 1.50 bits per heavy atom. The number of nitrogens with zero attached hydrogens (tertiary/aromatic N) is 2. The summed E-state index contributed by atoms with van der Waals surface area (Å²) in [7, 11) is 1.40. The van der Waals surface area contributed by atoms with Crippen molar-refractivity contribution in [3.8, 4) is 0 Å². The summed E-state index contributed by atoms with van der Waals surface area (Å²) < 4.78 is 12.1. The maximum absolute atomic E-state index is 11.5. The van der Waals surface area contributed by atoms with Gasteiger partial charge in [-0.25, -0.2) is 0 Å². The lowest BCUT2D eigenvalue weighted by Gasteiger charge is -2.18. The summed E-state index contributed by atoms with van der Waals surface area (Å²) in [5.74, 6) is 0. The van der Waals surface area contributed by atoms with Crippen molar-refractivity contribution in [2.24, 2.45) is 0 Å². The van der Waals surface area contributed by atoms with Crippen molar-refractivity contribution in [2.45, 2.75) is 43.2 Å². The number of thioether (sulfide) groups is 1. The predicted molar refractivity (Wildman–Crippen MR) is 72.7 cm³/mol. The van der Waals surface area contributed by atoms with Gasteiger partial charge < -0.3 is 24.3 Å². The van der Waals surface area contributed by atoms with E-state index in [1.54, 1.807) is 17.7 Å². The molecule has 1 saturated heterocycles. The van der Waals surface area contributed by atoms with Gasteiger partial charge in [0.1, 0.15) is 18.3 Å². The highest BCUT2D eigenvalue weighted by Gasteiger charge is 2.43. The van der Waals surface area contributed by atoms with Gasteiger partial charge >= 0.3 is 0 Å². The number of aryl methyl sites for hydroxylation is 1. The molecule has 1 fully saturated rings. The molecular formula is C12H18N2O5S. The second kappa shape index (κ2) is 6.23. The lowest BCUT2D eigenvalue weighted by Crippen LogP contribution is -2.35. The number of aliphatic hydroxyl groups excluding tert-OH is 2. The molecule has 0 saturated carbocycles. The molecule has 1 aliphatic rings. The Hall–Kier alpha value is -0.930. The molecule has 2 rings (SSSR count). The standard InChI is InChI=1S/C12H18N2O5S/c1-6-4-14(12(20-3)13-10(6)17)5-7-8(15)9(16)11(18-2)19-7/h4,7-9,11,15-16H,5H2,1-3H3/t7-,8-,9-,11-/m1/s1. The maximum Gasteiger partial charge on any atom is 0.276 e. The van der Waals surface area contributed by atoms with E-state index in [-0.39, 0.29) is 12.1 Å². The second-order valence-corrected chi connectivity index (χ2v) is 5.40. The molecule has 0 spiro atoms. The number of hydrogen-bond acceptors (Lipinski definition) is 7. The Morgan fingerprint density at radius 3 is 2.75 bits per heavy atom. The van der Waals surface area contributed by atoms with Gasteiger partial charge in [-0.3, -0.25) is 4.79 Å². The second-order valence-electron chi connectivity index (χ2n) is 4.63.